The van der Waals surface area contributed by atoms with E-state index in [1.165, 1.54) is 0 Å². The largest absolute Gasteiger partial charge is 0.356 e. The molecule has 0 fully saturated rings. The number of carbonyl (C=O) groups excluding carboxylic acids is 1. The van der Waals surface area contributed by atoms with E-state index in [4.69, 9.17) is 9.47 Å². The van der Waals surface area contributed by atoms with Gasteiger partial charge in [0, 0.05) is 23.9 Å². The first-order valence-corrected chi connectivity index (χ1v) is 6.32. The van der Waals surface area contributed by atoms with Crippen molar-refractivity contribution in [2.75, 3.05) is 19.8 Å². The molecule has 1 aromatic heterocycles. The number of halogens is 1. The molecule has 1 rings (SSSR count). The van der Waals surface area contributed by atoms with Gasteiger partial charge in [-0.1, -0.05) is 0 Å². The molecular weight excluding hydrogens is 288 g/mol. The number of hydrogen-bond acceptors (Lipinski definition) is 3. The minimum Gasteiger partial charge on any atom is -0.356 e. The Morgan fingerprint density at radius 1 is 1.47 bits per heavy atom. The van der Waals surface area contributed by atoms with Crippen LogP contribution in [0.15, 0.2) is 16.7 Å². The molecule has 1 aromatic rings. The standard InChI is InChI=1S/C11H17BrN2O3/c1-3-16-10(17-4-2)7-14-11(15)9-5-8(12)6-13-9/h5-6,10,13H,3-4,7H2,1-2H3,(H,14,15). The third-order valence-electron chi connectivity index (χ3n) is 2.03. The number of aromatic amines is 1. The van der Waals surface area contributed by atoms with Crippen molar-refractivity contribution < 1.29 is 14.3 Å². The molecule has 2 N–H and O–H groups in total. The van der Waals surface area contributed by atoms with Gasteiger partial charge in [0.05, 0.1) is 6.54 Å². The third kappa shape index (κ3) is 4.89. The van der Waals surface area contributed by atoms with Crippen LogP contribution in [0, 0.1) is 0 Å². The minimum absolute atomic E-state index is 0.180. The van der Waals surface area contributed by atoms with Gasteiger partial charge in [-0.3, -0.25) is 4.79 Å². The minimum atomic E-state index is -0.396. The number of amides is 1. The smallest absolute Gasteiger partial charge is 0.267 e. The summed E-state index contributed by atoms with van der Waals surface area (Å²) >= 11 is 3.27. The summed E-state index contributed by atoms with van der Waals surface area (Å²) in [6, 6.07) is 1.71. The predicted octanol–water partition coefficient (Wildman–Crippen LogP) is 1.91. The summed E-state index contributed by atoms with van der Waals surface area (Å²) in [7, 11) is 0. The summed E-state index contributed by atoms with van der Waals surface area (Å²) in [5.41, 5.74) is 0.503. The molecule has 1 heterocycles. The Bertz CT molecular complexity index is 348. The molecule has 0 spiro atoms. The Morgan fingerprint density at radius 3 is 2.59 bits per heavy atom. The molecule has 0 aliphatic heterocycles. The van der Waals surface area contributed by atoms with Gasteiger partial charge in [-0.25, -0.2) is 0 Å². The van der Waals surface area contributed by atoms with E-state index in [1.54, 1.807) is 12.3 Å². The van der Waals surface area contributed by atoms with E-state index in [1.807, 2.05) is 13.8 Å². The van der Waals surface area contributed by atoms with E-state index in [2.05, 4.69) is 26.2 Å². The molecule has 0 aliphatic rings. The van der Waals surface area contributed by atoms with E-state index in [0.717, 1.165) is 4.47 Å². The van der Waals surface area contributed by atoms with Gasteiger partial charge in [-0.2, -0.15) is 0 Å². The van der Waals surface area contributed by atoms with Crippen molar-refractivity contribution in [1.29, 1.82) is 0 Å². The summed E-state index contributed by atoms with van der Waals surface area (Å²) in [5.74, 6) is -0.180. The van der Waals surface area contributed by atoms with Crippen LogP contribution in [-0.2, 0) is 9.47 Å². The highest BCUT2D eigenvalue weighted by molar-refractivity contribution is 9.10. The Morgan fingerprint density at radius 2 is 2.12 bits per heavy atom. The molecule has 0 saturated carbocycles. The molecule has 17 heavy (non-hydrogen) atoms. The quantitative estimate of drug-likeness (QED) is 0.756. The van der Waals surface area contributed by atoms with E-state index < -0.39 is 6.29 Å². The average molecular weight is 305 g/mol. The van der Waals surface area contributed by atoms with Crippen LogP contribution < -0.4 is 5.32 Å². The lowest BCUT2D eigenvalue weighted by atomic mass is 10.4. The van der Waals surface area contributed by atoms with Crippen molar-refractivity contribution in [1.82, 2.24) is 10.3 Å². The maximum Gasteiger partial charge on any atom is 0.267 e. The number of hydrogen-bond donors (Lipinski definition) is 2. The highest BCUT2D eigenvalue weighted by Gasteiger charge is 2.12. The van der Waals surface area contributed by atoms with Crippen LogP contribution in [0.2, 0.25) is 0 Å². The second-order valence-corrected chi connectivity index (χ2v) is 4.20. The molecule has 0 atom stereocenters. The Hall–Kier alpha value is -0.850. The van der Waals surface area contributed by atoms with Crippen molar-refractivity contribution in [3.63, 3.8) is 0 Å². The predicted molar refractivity (Wildman–Crippen MR) is 67.9 cm³/mol. The van der Waals surface area contributed by atoms with Gasteiger partial charge in [0.2, 0.25) is 0 Å². The first-order valence-electron chi connectivity index (χ1n) is 5.52. The lowest BCUT2D eigenvalue weighted by molar-refractivity contribution is -0.131. The fourth-order valence-electron chi connectivity index (χ4n) is 1.31. The fraction of sp³-hybridized carbons (Fsp3) is 0.545. The van der Waals surface area contributed by atoms with Crippen LogP contribution in [0.4, 0.5) is 0 Å². The SMILES string of the molecule is CCOC(CNC(=O)c1cc(Br)c[nH]1)OCC. The maximum absolute atomic E-state index is 11.7. The Kier molecular flexibility index (Phi) is 6.25. The normalized spacial score (nSPS) is 10.8. The van der Waals surface area contributed by atoms with E-state index in [0.29, 0.717) is 25.5 Å². The molecule has 0 unspecified atom stereocenters. The van der Waals surface area contributed by atoms with Crippen molar-refractivity contribution in [3.05, 3.63) is 22.4 Å². The highest BCUT2D eigenvalue weighted by Crippen LogP contribution is 2.10. The lowest BCUT2D eigenvalue weighted by Gasteiger charge is -2.17. The molecule has 0 radical (unpaired) electrons. The number of H-pyrrole nitrogens is 1. The highest BCUT2D eigenvalue weighted by atomic mass is 79.9. The fourth-order valence-corrected chi connectivity index (χ4v) is 1.65. The van der Waals surface area contributed by atoms with E-state index >= 15 is 0 Å². The number of carbonyl (C=O) groups is 1. The number of rotatable bonds is 7. The first-order chi connectivity index (χ1) is 8.17. The third-order valence-corrected chi connectivity index (χ3v) is 2.48. The number of nitrogens with one attached hydrogen (secondary N) is 2. The lowest BCUT2D eigenvalue weighted by Crippen LogP contribution is -2.35. The van der Waals surface area contributed by atoms with Crippen molar-refractivity contribution in [2.24, 2.45) is 0 Å². The van der Waals surface area contributed by atoms with E-state index in [-0.39, 0.29) is 5.91 Å². The van der Waals surface area contributed by atoms with Crippen LogP contribution in [0.1, 0.15) is 24.3 Å². The second-order valence-electron chi connectivity index (χ2n) is 3.28. The molecule has 96 valence electrons. The van der Waals surface area contributed by atoms with Gasteiger partial charge in [-0.05, 0) is 35.8 Å². The number of ether oxygens (including phenoxy) is 2. The summed E-state index contributed by atoms with van der Waals surface area (Å²) < 4.78 is 11.5. The zero-order chi connectivity index (χ0) is 12.7. The second kappa shape index (κ2) is 7.47. The maximum atomic E-state index is 11.7. The molecule has 0 bridgehead atoms. The van der Waals surface area contributed by atoms with Crippen LogP contribution in [0.3, 0.4) is 0 Å². The zero-order valence-electron chi connectivity index (χ0n) is 9.96. The van der Waals surface area contributed by atoms with E-state index in [9.17, 15) is 4.79 Å². The van der Waals surface area contributed by atoms with Crippen LogP contribution >= 0.6 is 15.9 Å². The molecule has 0 saturated heterocycles. The average Bonchev–Trinajstić information content (AvgIpc) is 2.73. The molecule has 0 aliphatic carbocycles. The van der Waals surface area contributed by atoms with Gasteiger partial charge >= 0.3 is 0 Å². The molecule has 5 nitrogen and oxygen atoms in total. The van der Waals surface area contributed by atoms with Gasteiger partial charge in [0.25, 0.3) is 5.91 Å². The van der Waals surface area contributed by atoms with Gasteiger partial charge < -0.3 is 19.8 Å². The van der Waals surface area contributed by atoms with Crippen molar-refractivity contribution in [2.45, 2.75) is 20.1 Å². The van der Waals surface area contributed by atoms with Crippen molar-refractivity contribution >= 4 is 21.8 Å². The molecule has 0 aromatic carbocycles. The monoisotopic (exact) mass is 304 g/mol. The van der Waals surface area contributed by atoms with Gasteiger partial charge in [-0.15, -0.1) is 0 Å². The summed E-state index contributed by atoms with van der Waals surface area (Å²) in [5, 5.41) is 2.74. The summed E-state index contributed by atoms with van der Waals surface area (Å²) in [6.07, 6.45) is 1.31. The number of aromatic nitrogens is 1. The Balaban J connectivity index is 2.40. The topological polar surface area (TPSA) is 63.3 Å². The van der Waals surface area contributed by atoms with Crippen LogP contribution in [0.5, 0.6) is 0 Å². The van der Waals surface area contributed by atoms with Gasteiger partial charge in [0.15, 0.2) is 6.29 Å². The summed E-state index contributed by atoms with van der Waals surface area (Å²) in [6.45, 7) is 5.20. The van der Waals surface area contributed by atoms with Gasteiger partial charge in [0.1, 0.15) is 5.69 Å². The molecule has 1 amide bonds. The van der Waals surface area contributed by atoms with Crippen LogP contribution in [-0.4, -0.2) is 36.9 Å². The van der Waals surface area contributed by atoms with Crippen molar-refractivity contribution in [3.8, 4) is 0 Å². The first kappa shape index (κ1) is 14.2. The van der Waals surface area contributed by atoms with Crippen LogP contribution in [0.25, 0.3) is 0 Å². The molecular formula is C11H17BrN2O3. The summed E-state index contributed by atoms with van der Waals surface area (Å²) in [4.78, 5) is 14.5. The zero-order valence-corrected chi connectivity index (χ0v) is 11.5. The Labute approximate surface area is 109 Å². The molecule has 6 heteroatoms.